The number of carbonyl (C=O) groups is 1. The van der Waals surface area contributed by atoms with Crippen LogP contribution in [-0.2, 0) is 10.2 Å². The normalized spacial score (nSPS) is 17.8. The number of benzene rings is 2. The number of hydrogen-bond acceptors (Lipinski definition) is 4. The van der Waals surface area contributed by atoms with Crippen LogP contribution in [0.4, 0.5) is 0 Å². The van der Waals surface area contributed by atoms with E-state index in [0.29, 0.717) is 23.0 Å². The van der Waals surface area contributed by atoms with Crippen molar-refractivity contribution >= 4 is 33.2 Å². The van der Waals surface area contributed by atoms with Gasteiger partial charge in [-0.3, -0.25) is 4.79 Å². The number of halogens is 1. The molecule has 0 radical (unpaired) electrons. The summed E-state index contributed by atoms with van der Waals surface area (Å²) in [4.78, 5) is 16.0. The van der Waals surface area contributed by atoms with Gasteiger partial charge in [0, 0.05) is 25.2 Å². The summed E-state index contributed by atoms with van der Waals surface area (Å²) in [5.41, 5.74) is 3.19. The first kappa shape index (κ1) is 27.3. The number of phenolic OH excluding ortho intramolecular Hbond substituents is 1. The highest BCUT2D eigenvalue weighted by atomic mass is 79.9. The molecule has 6 nitrogen and oxygen atoms in total. The maximum Gasteiger partial charge on any atom is 0.233 e. The molecule has 2 aromatic carbocycles. The molecule has 0 atom stereocenters. The number of nitrogens with one attached hydrogen (secondary N) is 1. The van der Waals surface area contributed by atoms with E-state index in [4.69, 9.17) is 0 Å². The molecule has 2 N–H and O–H groups in total. The van der Waals surface area contributed by atoms with Crippen LogP contribution in [0.25, 0.3) is 11.4 Å². The average molecular weight is 590 g/mol. The summed E-state index contributed by atoms with van der Waals surface area (Å²) in [7, 11) is 0. The van der Waals surface area contributed by atoms with Gasteiger partial charge in [0.1, 0.15) is 11.6 Å². The monoisotopic (exact) mass is 588 g/mol. The lowest BCUT2D eigenvalue weighted by atomic mass is 9.77. The van der Waals surface area contributed by atoms with Gasteiger partial charge in [-0.15, -0.1) is 0 Å². The topological polar surface area (TPSA) is 70.4 Å². The molecule has 204 valence electrons. The van der Waals surface area contributed by atoms with Crippen LogP contribution in [0.2, 0.25) is 0 Å². The predicted molar refractivity (Wildman–Crippen MR) is 160 cm³/mol. The fourth-order valence-electron chi connectivity index (χ4n) is 6.06. The first-order valence-electron chi connectivity index (χ1n) is 13.9. The van der Waals surface area contributed by atoms with Crippen LogP contribution in [0, 0.1) is 12.8 Å². The number of phenols is 1. The molecule has 2 aliphatic rings. The van der Waals surface area contributed by atoms with E-state index in [2.05, 4.69) is 62.1 Å². The Balaban J connectivity index is 1.26. The lowest BCUT2D eigenvalue weighted by molar-refractivity contribution is -0.138. The molecule has 1 aromatic heterocycles. The van der Waals surface area contributed by atoms with Crippen LogP contribution in [0.1, 0.15) is 55.3 Å². The van der Waals surface area contributed by atoms with Crippen molar-refractivity contribution in [3.63, 3.8) is 0 Å². The van der Waals surface area contributed by atoms with E-state index in [0.717, 1.165) is 74.1 Å². The molecular formula is C32H37BrN4O2. The minimum Gasteiger partial charge on any atom is -0.507 e. The molecule has 5 rings (SSSR count). The van der Waals surface area contributed by atoms with Gasteiger partial charge < -0.3 is 15.3 Å². The molecule has 1 aliphatic carbocycles. The molecule has 3 aromatic rings. The Morgan fingerprint density at radius 2 is 1.79 bits per heavy atom. The molecule has 0 spiro atoms. The van der Waals surface area contributed by atoms with Crippen LogP contribution >= 0.6 is 15.9 Å². The average Bonchev–Trinajstić information content (AvgIpc) is 3.59. The van der Waals surface area contributed by atoms with Gasteiger partial charge in [-0.1, -0.05) is 68.0 Å². The number of hydrogen-bond donors (Lipinski definition) is 2. The number of aromatic hydroxyl groups is 1. The van der Waals surface area contributed by atoms with Crippen molar-refractivity contribution < 1.29 is 9.90 Å². The molecule has 7 heteroatoms. The number of nitrogens with zero attached hydrogens (tertiary/aromatic N) is 3. The number of aromatic nitrogens is 2. The van der Waals surface area contributed by atoms with Crippen LogP contribution < -0.4 is 5.32 Å². The van der Waals surface area contributed by atoms with E-state index in [1.807, 2.05) is 35.9 Å². The fraction of sp³-hybridized carbons (Fsp3) is 0.375. The van der Waals surface area contributed by atoms with Crippen molar-refractivity contribution in [2.45, 2.75) is 50.9 Å². The van der Waals surface area contributed by atoms with E-state index in [-0.39, 0.29) is 11.2 Å². The predicted octanol–water partition coefficient (Wildman–Crippen LogP) is 6.51. The van der Waals surface area contributed by atoms with Crippen molar-refractivity contribution in [3.05, 3.63) is 94.7 Å². The van der Waals surface area contributed by atoms with Gasteiger partial charge in [0.05, 0.1) is 21.8 Å². The molecule has 2 fully saturated rings. The number of likely N-dealkylation sites (tertiary alicyclic amines) is 1. The maximum atomic E-state index is 13.9. The lowest BCUT2D eigenvalue weighted by Gasteiger charge is -2.39. The summed E-state index contributed by atoms with van der Waals surface area (Å²) in [5.74, 6) is 1.75. The molecule has 0 unspecified atom stereocenters. The highest BCUT2D eigenvalue weighted by Crippen LogP contribution is 2.43. The highest BCUT2D eigenvalue weighted by molar-refractivity contribution is 9.10. The van der Waals surface area contributed by atoms with Gasteiger partial charge in [0.2, 0.25) is 5.91 Å². The van der Waals surface area contributed by atoms with Gasteiger partial charge in [0.25, 0.3) is 0 Å². The first-order valence-corrected chi connectivity index (χ1v) is 14.7. The fourth-order valence-corrected chi connectivity index (χ4v) is 6.32. The van der Waals surface area contributed by atoms with Crippen molar-refractivity contribution in [1.82, 2.24) is 20.0 Å². The van der Waals surface area contributed by atoms with Crippen LogP contribution in [0.5, 0.6) is 5.75 Å². The van der Waals surface area contributed by atoms with Crippen molar-refractivity contribution in [2.24, 2.45) is 5.92 Å². The first-order chi connectivity index (χ1) is 18.9. The zero-order chi connectivity index (χ0) is 27.4. The molecule has 1 saturated heterocycles. The van der Waals surface area contributed by atoms with Crippen LogP contribution in [-0.4, -0.2) is 45.3 Å². The summed E-state index contributed by atoms with van der Waals surface area (Å²) in [6, 6.07) is 17.6. The second-order valence-corrected chi connectivity index (χ2v) is 11.7. The van der Waals surface area contributed by atoms with Crippen molar-refractivity contribution in [2.75, 3.05) is 19.6 Å². The second-order valence-electron chi connectivity index (χ2n) is 10.8. The Labute approximate surface area is 239 Å². The van der Waals surface area contributed by atoms with Gasteiger partial charge in [-0.2, -0.15) is 5.10 Å². The minimum absolute atomic E-state index is 0.198. The standard InChI is InChI=1S/C32H37BrN4O2/c1-23(27-12-6-7-13-29(27)38)20-30(37-24(2)28(33)22-35-37)34-21-25-14-18-36(19-15-25)31(39)32(16-8-9-17-32)26-10-4-3-5-11-26/h3-7,10-13,20,22,25,34,38H,1,8-9,14-19,21H2,2H3/b30-20-. The smallest absolute Gasteiger partial charge is 0.233 e. The van der Waals surface area contributed by atoms with Crippen molar-refractivity contribution in [1.29, 1.82) is 0 Å². The third-order valence-electron chi connectivity index (χ3n) is 8.41. The molecule has 1 saturated carbocycles. The van der Waals surface area contributed by atoms with Gasteiger partial charge in [-0.25, -0.2) is 4.68 Å². The summed E-state index contributed by atoms with van der Waals surface area (Å²) in [6.07, 6.45) is 9.76. The number of allylic oxidation sites excluding steroid dienone is 2. The SMILES string of the molecule is C=C(/C=C(/NCC1CCN(C(=O)C2(c3ccccc3)CCCC2)CC1)n1ncc(Br)c1C)c1ccccc1O. The molecule has 1 aliphatic heterocycles. The Bertz CT molecular complexity index is 1350. The molecular weight excluding hydrogens is 552 g/mol. The Kier molecular flexibility index (Phi) is 8.26. The third-order valence-corrected chi connectivity index (χ3v) is 9.18. The van der Waals surface area contributed by atoms with Gasteiger partial charge in [0.15, 0.2) is 0 Å². The van der Waals surface area contributed by atoms with E-state index in [1.54, 1.807) is 18.3 Å². The zero-order valence-corrected chi connectivity index (χ0v) is 24.2. The molecule has 1 amide bonds. The Hall–Kier alpha value is -3.32. The largest absolute Gasteiger partial charge is 0.507 e. The summed E-state index contributed by atoms with van der Waals surface area (Å²) < 4.78 is 2.78. The number of para-hydroxylation sites is 1. The van der Waals surface area contributed by atoms with Crippen LogP contribution in [0.15, 0.2) is 77.9 Å². The molecule has 39 heavy (non-hydrogen) atoms. The zero-order valence-electron chi connectivity index (χ0n) is 22.6. The van der Waals surface area contributed by atoms with Gasteiger partial charge in [-0.05, 0) is 77.7 Å². The third kappa shape index (κ3) is 5.69. The highest BCUT2D eigenvalue weighted by Gasteiger charge is 2.45. The number of piperidine rings is 1. The van der Waals surface area contributed by atoms with E-state index in [1.165, 1.54) is 5.56 Å². The maximum absolute atomic E-state index is 13.9. The van der Waals surface area contributed by atoms with E-state index < -0.39 is 0 Å². The molecule has 0 bridgehead atoms. The minimum atomic E-state index is -0.351. The number of rotatable bonds is 8. The summed E-state index contributed by atoms with van der Waals surface area (Å²) in [5, 5.41) is 18.5. The van der Waals surface area contributed by atoms with E-state index in [9.17, 15) is 9.90 Å². The Morgan fingerprint density at radius 3 is 2.44 bits per heavy atom. The quantitative estimate of drug-likeness (QED) is 0.294. The number of amides is 1. The lowest BCUT2D eigenvalue weighted by Crippen LogP contribution is -2.49. The van der Waals surface area contributed by atoms with Crippen LogP contribution in [0.3, 0.4) is 0 Å². The molecule has 2 heterocycles. The second kappa shape index (κ2) is 11.8. The van der Waals surface area contributed by atoms with E-state index >= 15 is 0 Å². The van der Waals surface area contributed by atoms with Crippen molar-refractivity contribution in [3.8, 4) is 5.75 Å². The van der Waals surface area contributed by atoms with Gasteiger partial charge >= 0.3 is 0 Å². The summed E-state index contributed by atoms with van der Waals surface area (Å²) >= 11 is 3.57. The Morgan fingerprint density at radius 1 is 1.13 bits per heavy atom. The number of carbonyl (C=O) groups excluding carboxylic acids is 1. The summed E-state index contributed by atoms with van der Waals surface area (Å²) in [6.45, 7) is 8.55.